The Balaban J connectivity index is 2.92. The first kappa shape index (κ1) is 15.4. The van der Waals surface area contributed by atoms with E-state index in [2.05, 4.69) is 4.98 Å². The second kappa shape index (κ2) is 6.21. The quantitative estimate of drug-likeness (QED) is 0.899. The number of hydrogen-bond acceptors (Lipinski definition) is 6. The fourth-order valence-corrected chi connectivity index (χ4v) is 2.19. The Bertz CT molecular complexity index is 822. The molecule has 22 heavy (non-hydrogen) atoms. The van der Waals surface area contributed by atoms with Crippen molar-refractivity contribution in [1.82, 2.24) is 4.98 Å². The third kappa shape index (κ3) is 2.60. The van der Waals surface area contributed by atoms with E-state index < -0.39 is 0 Å². The highest BCUT2D eigenvalue weighted by molar-refractivity contribution is 6.31. The SMILES string of the molecule is CCOc1nc(N)c(C#N)c(-c2cc(Cl)ccc2O)c1C#N. The number of phenols is 1. The summed E-state index contributed by atoms with van der Waals surface area (Å²) < 4.78 is 5.30. The molecule has 6 nitrogen and oxygen atoms in total. The van der Waals surface area contributed by atoms with E-state index in [1.807, 2.05) is 12.1 Å². The molecular weight excluding hydrogens is 304 g/mol. The highest BCUT2D eigenvalue weighted by Crippen LogP contribution is 2.40. The number of nitriles is 2. The monoisotopic (exact) mass is 314 g/mol. The Morgan fingerprint density at radius 2 is 2.00 bits per heavy atom. The topological polar surface area (TPSA) is 116 Å². The predicted molar refractivity (Wildman–Crippen MR) is 81.4 cm³/mol. The average Bonchev–Trinajstić information content (AvgIpc) is 2.49. The number of anilines is 1. The Morgan fingerprint density at radius 3 is 2.59 bits per heavy atom. The zero-order valence-corrected chi connectivity index (χ0v) is 12.3. The fraction of sp³-hybridized carbons (Fsp3) is 0.133. The number of pyridine rings is 1. The van der Waals surface area contributed by atoms with E-state index in [1.165, 1.54) is 18.2 Å². The van der Waals surface area contributed by atoms with Gasteiger partial charge in [-0.1, -0.05) is 11.6 Å². The molecule has 1 aromatic carbocycles. The van der Waals surface area contributed by atoms with Gasteiger partial charge in [0.25, 0.3) is 0 Å². The lowest BCUT2D eigenvalue weighted by Gasteiger charge is -2.14. The van der Waals surface area contributed by atoms with Gasteiger partial charge in [-0.15, -0.1) is 0 Å². The van der Waals surface area contributed by atoms with Crippen LogP contribution in [0.3, 0.4) is 0 Å². The van der Waals surface area contributed by atoms with Gasteiger partial charge in [-0.3, -0.25) is 0 Å². The molecule has 0 radical (unpaired) electrons. The van der Waals surface area contributed by atoms with Crippen LogP contribution in [0.25, 0.3) is 11.1 Å². The first-order chi connectivity index (χ1) is 10.5. The van der Waals surface area contributed by atoms with Crippen molar-refractivity contribution in [3.8, 4) is 34.9 Å². The second-order valence-electron chi connectivity index (χ2n) is 4.25. The van der Waals surface area contributed by atoms with E-state index in [4.69, 9.17) is 22.1 Å². The van der Waals surface area contributed by atoms with Crippen LogP contribution in [0, 0.1) is 22.7 Å². The summed E-state index contributed by atoms with van der Waals surface area (Å²) in [7, 11) is 0. The number of phenolic OH excluding ortho intramolecular Hbond substituents is 1. The van der Waals surface area contributed by atoms with Gasteiger partial charge in [-0.25, -0.2) is 0 Å². The number of aromatic hydroxyl groups is 1. The van der Waals surface area contributed by atoms with Crippen LogP contribution in [0.1, 0.15) is 18.1 Å². The Kier molecular flexibility index (Phi) is 4.36. The van der Waals surface area contributed by atoms with Crippen LogP contribution >= 0.6 is 11.6 Å². The molecule has 0 aliphatic heterocycles. The molecule has 0 spiro atoms. The zero-order valence-electron chi connectivity index (χ0n) is 11.6. The highest BCUT2D eigenvalue weighted by atomic mass is 35.5. The van der Waals surface area contributed by atoms with Crippen LogP contribution < -0.4 is 10.5 Å². The summed E-state index contributed by atoms with van der Waals surface area (Å²) in [6.07, 6.45) is 0. The summed E-state index contributed by atoms with van der Waals surface area (Å²) in [4.78, 5) is 3.94. The number of nitrogens with two attached hydrogens (primary N) is 1. The maximum absolute atomic E-state index is 10.1. The molecule has 0 saturated heterocycles. The first-order valence-electron chi connectivity index (χ1n) is 6.28. The lowest BCUT2D eigenvalue weighted by atomic mass is 9.95. The van der Waals surface area contributed by atoms with Crippen molar-refractivity contribution in [3.05, 3.63) is 34.3 Å². The molecule has 7 heteroatoms. The molecule has 1 aromatic heterocycles. The van der Waals surface area contributed by atoms with Crippen molar-refractivity contribution >= 4 is 17.4 Å². The maximum atomic E-state index is 10.1. The molecular formula is C15H11ClN4O2. The Labute approximate surface area is 132 Å². The van der Waals surface area contributed by atoms with Crippen LogP contribution in [-0.2, 0) is 0 Å². The summed E-state index contributed by atoms with van der Waals surface area (Å²) in [6.45, 7) is 2.00. The zero-order chi connectivity index (χ0) is 16.3. The summed E-state index contributed by atoms with van der Waals surface area (Å²) in [5.74, 6) is -0.208. The molecule has 0 unspecified atom stereocenters. The van der Waals surface area contributed by atoms with E-state index in [1.54, 1.807) is 6.92 Å². The van der Waals surface area contributed by atoms with Crippen LogP contribution in [-0.4, -0.2) is 16.7 Å². The van der Waals surface area contributed by atoms with Crippen molar-refractivity contribution < 1.29 is 9.84 Å². The molecule has 0 fully saturated rings. The normalized spacial score (nSPS) is 9.82. The minimum atomic E-state index is -0.134. The van der Waals surface area contributed by atoms with Crippen molar-refractivity contribution in [2.75, 3.05) is 12.3 Å². The number of nitrogen functional groups attached to an aromatic ring is 1. The molecule has 0 atom stereocenters. The van der Waals surface area contributed by atoms with Crippen LogP contribution in [0.2, 0.25) is 5.02 Å². The lowest BCUT2D eigenvalue weighted by Crippen LogP contribution is -2.06. The third-order valence-corrected chi connectivity index (χ3v) is 3.16. The maximum Gasteiger partial charge on any atom is 0.234 e. The number of aromatic nitrogens is 1. The lowest BCUT2D eigenvalue weighted by molar-refractivity contribution is 0.326. The Hall–Kier alpha value is -2.96. The molecule has 0 aliphatic rings. The van der Waals surface area contributed by atoms with Crippen LogP contribution in [0.4, 0.5) is 5.82 Å². The number of ether oxygens (including phenoxy) is 1. The summed E-state index contributed by atoms with van der Waals surface area (Å²) in [6, 6.07) is 8.16. The van der Waals surface area contributed by atoms with E-state index in [9.17, 15) is 15.6 Å². The van der Waals surface area contributed by atoms with Gasteiger partial charge in [-0.05, 0) is 25.1 Å². The number of hydrogen-bond donors (Lipinski definition) is 2. The smallest absolute Gasteiger partial charge is 0.234 e. The van der Waals surface area contributed by atoms with E-state index in [-0.39, 0.29) is 46.3 Å². The van der Waals surface area contributed by atoms with E-state index >= 15 is 0 Å². The van der Waals surface area contributed by atoms with Crippen molar-refractivity contribution in [1.29, 1.82) is 10.5 Å². The van der Waals surface area contributed by atoms with Crippen LogP contribution in [0.5, 0.6) is 11.6 Å². The van der Waals surface area contributed by atoms with E-state index in [0.29, 0.717) is 5.02 Å². The third-order valence-electron chi connectivity index (χ3n) is 2.92. The number of halogens is 1. The van der Waals surface area contributed by atoms with Gasteiger partial charge in [-0.2, -0.15) is 15.5 Å². The highest BCUT2D eigenvalue weighted by Gasteiger charge is 2.23. The summed E-state index contributed by atoms with van der Waals surface area (Å²) in [5, 5.41) is 29.2. The molecule has 2 aromatic rings. The van der Waals surface area contributed by atoms with Gasteiger partial charge in [0.2, 0.25) is 5.88 Å². The molecule has 1 heterocycles. The molecule has 0 saturated carbocycles. The molecule has 0 amide bonds. The van der Waals surface area contributed by atoms with Gasteiger partial charge in [0.1, 0.15) is 34.8 Å². The minimum Gasteiger partial charge on any atom is -0.507 e. The van der Waals surface area contributed by atoms with Crippen molar-refractivity contribution in [2.24, 2.45) is 0 Å². The molecule has 0 aliphatic carbocycles. The molecule has 2 rings (SSSR count). The average molecular weight is 315 g/mol. The molecule has 0 bridgehead atoms. The van der Waals surface area contributed by atoms with Gasteiger partial charge in [0.05, 0.1) is 6.61 Å². The first-order valence-corrected chi connectivity index (χ1v) is 6.66. The standard InChI is InChI=1S/C15H11ClN4O2/c1-2-22-15-11(7-18)13(10(6-17)14(19)20-15)9-5-8(16)3-4-12(9)21/h3-5,21H,2H2,1H3,(H2,19,20). The Morgan fingerprint density at radius 1 is 1.32 bits per heavy atom. The van der Waals surface area contributed by atoms with Crippen molar-refractivity contribution in [3.63, 3.8) is 0 Å². The molecule has 110 valence electrons. The molecule has 3 N–H and O–H groups in total. The second-order valence-corrected chi connectivity index (χ2v) is 4.68. The van der Waals surface area contributed by atoms with E-state index in [0.717, 1.165) is 0 Å². The number of benzene rings is 1. The van der Waals surface area contributed by atoms with Crippen LogP contribution in [0.15, 0.2) is 18.2 Å². The summed E-state index contributed by atoms with van der Waals surface area (Å²) in [5.41, 5.74) is 6.15. The van der Waals surface area contributed by atoms with Crippen molar-refractivity contribution in [2.45, 2.75) is 6.92 Å². The predicted octanol–water partition coefficient (Wildman–Crippen LogP) is 2.83. The van der Waals surface area contributed by atoms with Gasteiger partial charge in [0.15, 0.2) is 0 Å². The minimum absolute atomic E-state index is 0.0101. The van der Waals surface area contributed by atoms with Gasteiger partial charge in [0, 0.05) is 16.1 Å². The van der Waals surface area contributed by atoms with Gasteiger partial charge >= 0.3 is 0 Å². The van der Waals surface area contributed by atoms with Gasteiger partial charge < -0.3 is 15.6 Å². The number of rotatable bonds is 3. The largest absolute Gasteiger partial charge is 0.507 e. The summed E-state index contributed by atoms with van der Waals surface area (Å²) >= 11 is 5.94. The fourth-order valence-electron chi connectivity index (χ4n) is 2.02. The number of nitrogens with zero attached hydrogens (tertiary/aromatic N) is 3.